The van der Waals surface area contributed by atoms with Crippen LogP contribution >= 0.6 is 0 Å². The first kappa shape index (κ1) is 19.5. The van der Waals surface area contributed by atoms with Gasteiger partial charge >= 0.3 is 5.97 Å². The van der Waals surface area contributed by atoms with Crippen LogP contribution in [0, 0.1) is 11.8 Å². The number of esters is 1. The molecule has 0 bridgehead atoms. The van der Waals surface area contributed by atoms with E-state index in [0.29, 0.717) is 6.42 Å². The lowest BCUT2D eigenvalue weighted by Crippen LogP contribution is -1.98. The molecule has 0 radical (unpaired) electrons. The molecule has 0 fully saturated rings. The van der Waals surface area contributed by atoms with Gasteiger partial charge < -0.3 is 4.74 Å². The minimum atomic E-state index is -0.119. The maximum atomic E-state index is 10.9. The Hall–Kier alpha value is -2.53. The van der Waals surface area contributed by atoms with Gasteiger partial charge in [0, 0.05) is 12.8 Å². The average Bonchev–Trinajstić information content (AvgIpc) is 2.62. The molecule has 126 valence electrons. The van der Waals surface area contributed by atoms with Crippen molar-refractivity contribution in [2.45, 2.75) is 38.5 Å². The molecule has 0 atom stereocenters. The normalized spacial score (nSPS) is 11.0. The van der Waals surface area contributed by atoms with Gasteiger partial charge in [-0.3, -0.25) is 4.79 Å². The van der Waals surface area contributed by atoms with E-state index in [1.165, 1.54) is 12.7 Å². The summed E-state index contributed by atoms with van der Waals surface area (Å²) in [5.74, 6) is 6.05. The number of unbranched alkanes of at least 4 members (excludes halogenated alkanes) is 4. The summed E-state index contributed by atoms with van der Waals surface area (Å²) >= 11 is 0. The second-order valence-corrected chi connectivity index (χ2v) is 5.33. The number of carbonyl (C=O) groups excluding carboxylic acids is 1. The molecule has 0 aromatic heterocycles. The van der Waals surface area contributed by atoms with Crippen LogP contribution in [-0.4, -0.2) is 13.1 Å². The summed E-state index contributed by atoms with van der Waals surface area (Å²) in [6.45, 7) is 0. The lowest BCUT2D eigenvalue weighted by Gasteiger charge is -1.98. The number of hydrogen-bond acceptors (Lipinski definition) is 2. The van der Waals surface area contributed by atoms with E-state index in [1.807, 2.05) is 48.6 Å². The predicted molar refractivity (Wildman–Crippen MR) is 101 cm³/mol. The van der Waals surface area contributed by atoms with Gasteiger partial charge in [0.25, 0.3) is 0 Å². The van der Waals surface area contributed by atoms with Crippen LogP contribution in [0.25, 0.3) is 6.08 Å². The average molecular weight is 322 g/mol. The highest BCUT2D eigenvalue weighted by Crippen LogP contribution is 2.05. The zero-order valence-corrected chi connectivity index (χ0v) is 14.4. The molecule has 0 unspecified atom stereocenters. The Morgan fingerprint density at radius 3 is 2.54 bits per heavy atom. The fourth-order valence-corrected chi connectivity index (χ4v) is 2.03. The third kappa shape index (κ3) is 11.1. The van der Waals surface area contributed by atoms with Gasteiger partial charge in [-0.05, 0) is 24.5 Å². The lowest BCUT2D eigenvalue weighted by molar-refractivity contribution is -0.140. The Balaban J connectivity index is 2.05. The maximum absolute atomic E-state index is 10.9. The summed E-state index contributed by atoms with van der Waals surface area (Å²) in [5, 5.41) is 0. The minimum absolute atomic E-state index is 0.119. The first-order chi connectivity index (χ1) is 11.8. The van der Waals surface area contributed by atoms with Gasteiger partial charge in [-0.1, -0.05) is 85.4 Å². The fourth-order valence-electron chi connectivity index (χ4n) is 2.03. The maximum Gasteiger partial charge on any atom is 0.305 e. The third-order valence-corrected chi connectivity index (χ3v) is 3.36. The molecule has 0 heterocycles. The summed E-state index contributed by atoms with van der Waals surface area (Å²) in [7, 11) is 1.43. The summed E-state index contributed by atoms with van der Waals surface area (Å²) in [6, 6.07) is 10.2. The summed E-state index contributed by atoms with van der Waals surface area (Å²) in [6.07, 6.45) is 17.4. The van der Waals surface area contributed by atoms with Gasteiger partial charge in [0.2, 0.25) is 0 Å². The SMILES string of the molecule is COC(=O)CCCCCCC#C\C=C/C=C/C=C/c1ccccc1. The number of benzene rings is 1. The summed E-state index contributed by atoms with van der Waals surface area (Å²) in [4.78, 5) is 10.9. The van der Waals surface area contributed by atoms with Crippen LogP contribution in [0.4, 0.5) is 0 Å². The second-order valence-electron chi connectivity index (χ2n) is 5.33. The minimum Gasteiger partial charge on any atom is -0.469 e. The predicted octanol–water partition coefficient (Wildman–Crippen LogP) is 5.33. The number of rotatable bonds is 9. The zero-order chi connectivity index (χ0) is 17.3. The van der Waals surface area contributed by atoms with Crippen molar-refractivity contribution in [1.82, 2.24) is 0 Å². The Kier molecular flexibility index (Phi) is 11.5. The van der Waals surface area contributed by atoms with Crippen molar-refractivity contribution >= 4 is 12.0 Å². The van der Waals surface area contributed by atoms with E-state index in [2.05, 4.69) is 34.8 Å². The van der Waals surface area contributed by atoms with E-state index in [0.717, 1.165) is 32.1 Å². The molecule has 1 aromatic rings. The first-order valence-corrected chi connectivity index (χ1v) is 8.43. The second kappa shape index (κ2) is 14.1. The molecule has 2 heteroatoms. The molecular weight excluding hydrogens is 296 g/mol. The van der Waals surface area contributed by atoms with Crippen LogP contribution < -0.4 is 0 Å². The quantitative estimate of drug-likeness (QED) is 0.266. The molecule has 0 aliphatic heterocycles. The molecule has 0 amide bonds. The Labute approximate surface area is 145 Å². The number of hydrogen-bond donors (Lipinski definition) is 0. The number of allylic oxidation sites excluding steroid dienone is 5. The Morgan fingerprint density at radius 2 is 1.75 bits per heavy atom. The van der Waals surface area contributed by atoms with Crippen LogP contribution in [-0.2, 0) is 9.53 Å². The van der Waals surface area contributed by atoms with Crippen molar-refractivity contribution in [3.05, 3.63) is 66.3 Å². The number of methoxy groups -OCH3 is 1. The Morgan fingerprint density at radius 1 is 1.00 bits per heavy atom. The van der Waals surface area contributed by atoms with Gasteiger partial charge in [-0.25, -0.2) is 0 Å². The van der Waals surface area contributed by atoms with E-state index < -0.39 is 0 Å². The van der Waals surface area contributed by atoms with E-state index in [1.54, 1.807) is 0 Å². The van der Waals surface area contributed by atoms with Gasteiger partial charge in [0.15, 0.2) is 0 Å². The van der Waals surface area contributed by atoms with Crippen molar-refractivity contribution < 1.29 is 9.53 Å². The van der Waals surface area contributed by atoms with Crippen molar-refractivity contribution in [3.8, 4) is 11.8 Å². The van der Waals surface area contributed by atoms with Crippen LogP contribution in [0.15, 0.2) is 60.7 Å². The monoisotopic (exact) mass is 322 g/mol. The first-order valence-electron chi connectivity index (χ1n) is 8.43. The standard InChI is InChI=1S/C22H26O2/c1-24-22(23)20-16-11-9-7-5-3-2-4-6-8-10-13-17-21-18-14-12-15-19-21/h4,6,8,10,12-15,17-19H,5,7,9,11,16,20H2,1H3/b6-4-,10-8+,17-13+. The zero-order valence-electron chi connectivity index (χ0n) is 14.4. The smallest absolute Gasteiger partial charge is 0.305 e. The molecule has 0 saturated carbocycles. The molecule has 0 N–H and O–H groups in total. The van der Waals surface area contributed by atoms with Crippen molar-refractivity contribution in [1.29, 1.82) is 0 Å². The molecule has 0 saturated heterocycles. The van der Waals surface area contributed by atoms with E-state index in [-0.39, 0.29) is 5.97 Å². The molecular formula is C22H26O2. The molecule has 0 aliphatic carbocycles. The molecule has 0 aliphatic rings. The number of ether oxygens (including phenoxy) is 1. The van der Waals surface area contributed by atoms with Gasteiger partial charge in [0.1, 0.15) is 0 Å². The highest BCUT2D eigenvalue weighted by Gasteiger charge is 1.98. The fraction of sp³-hybridized carbons (Fsp3) is 0.318. The highest BCUT2D eigenvalue weighted by molar-refractivity contribution is 5.68. The largest absolute Gasteiger partial charge is 0.469 e. The summed E-state index contributed by atoms with van der Waals surface area (Å²) < 4.78 is 4.60. The molecule has 1 rings (SSSR count). The van der Waals surface area contributed by atoms with Crippen molar-refractivity contribution in [2.24, 2.45) is 0 Å². The molecule has 1 aromatic carbocycles. The van der Waals surface area contributed by atoms with E-state index >= 15 is 0 Å². The lowest BCUT2D eigenvalue weighted by atomic mass is 10.1. The summed E-state index contributed by atoms with van der Waals surface area (Å²) in [5.41, 5.74) is 1.19. The third-order valence-electron chi connectivity index (χ3n) is 3.36. The van der Waals surface area contributed by atoms with Crippen molar-refractivity contribution in [3.63, 3.8) is 0 Å². The van der Waals surface area contributed by atoms with E-state index in [4.69, 9.17) is 0 Å². The van der Waals surface area contributed by atoms with Crippen LogP contribution in [0.1, 0.15) is 44.1 Å². The van der Waals surface area contributed by atoms with Crippen molar-refractivity contribution in [2.75, 3.05) is 7.11 Å². The van der Waals surface area contributed by atoms with Gasteiger partial charge in [-0.15, -0.1) is 0 Å². The van der Waals surface area contributed by atoms with Crippen LogP contribution in [0.2, 0.25) is 0 Å². The van der Waals surface area contributed by atoms with E-state index in [9.17, 15) is 4.79 Å². The van der Waals surface area contributed by atoms with Crippen LogP contribution in [0.5, 0.6) is 0 Å². The van der Waals surface area contributed by atoms with Crippen LogP contribution in [0.3, 0.4) is 0 Å². The van der Waals surface area contributed by atoms with Gasteiger partial charge in [0.05, 0.1) is 7.11 Å². The Bertz CT molecular complexity index is 598. The molecule has 0 spiro atoms. The highest BCUT2D eigenvalue weighted by atomic mass is 16.5. The topological polar surface area (TPSA) is 26.3 Å². The van der Waals surface area contributed by atoms with Gasteiger partial charge in [-0.2, -0.15) is 0 Å². The number of carbonyl (C=O) groups is 1. The molecule has 2 nitrogen and oxygen atoms in total. The molecule has 24 heavy (non-hydrogen) atoms.